The van der Waals surface area contributed by atoms with Crippen LogP contribution in [0, 0.1) is 5.41 Å². The van der Waals surface area contributed by atoms with Crippen molar-refractivity contribution in [3.05, 3.63) is 28.2 Å². The van der Waals surface area contributed by atoms with Gasteiger partial charge in [-0.25, -0.2) is 0 Å². The molecule has 90 valence electrons. The molecule has 1 aromatic rings. The summed E-state index contributed by atoms with van der Waals surface area (Å²) in [5.74, 6) is 0.884. The number of ether oxygens (including phenoxy) is 1. The molecule has 3 heteroatoms. The number of halogens is 1. The highest BCUT2D eigenvalue weighted by atomic mass is 79.9. The molecule has 0 saturated carbocycles. The highest BCUT2D eigenvalue weighted by molar-refractivity contribution is 9.10. The van der Waals surface area contributed by atoms with Crippen LogP contribution in [0.3, 0.4) is 0 Å². The molecule has 0 atom stereocenters. The topological polar surface area (TPSA) is 21.3 Å². The highest BCUT2D eigenvalue weighted by Crippen LogP contribution is 2.28. The van der Waals surface area contributed by atoms with Gasteiger partial charge in [0.1, 0.15) is 5.75 Å². The first-order valence-corrected chi connectivity index (χ1v) is 6.25. The van der Waals surface area contributed by atoms with Gasteiger partial charge in [-0.05, 0) is 52.5 Å². The summed E-state index contributed by atoms with van der Waals surface area (Å²) in [7, 11) is 3.68. The van der Waals surface area contributed by atoms with Crippen LogP contribution in [0.5, 0.6) is 5.75 Å². The van der Waals surface area contributed by atoms with Gasteiger partial charge in [-0.3, -0.25) is 0 Å². The van der Waals surface area contributed by atoms with Crippen LogP contribution >= 0.6 is 15.9 Å². The molecule has 1 N–H and O–H groups in total. The Balaban J connectivity index is 2.78. The van der Waals surface area contributed by atoms with Crippen molar-refractivity contribution < 1.29 is 4.74 Å². The Morgan fingerprint density at radius 3 is 2.56 bits per heavy atom. The molecule has 16 heavy (non-hydrogen) atoms. The lowest BCUT2D eigenvalue weighted by Crippen LogP contribution is -2.28. The second-order valence-corrected chi connectivity index (χ2v) is 5.69. The molecule has 0 radical (unpaired) electrons. The van der Waals surface area contributed by atoms with Gasteiger partial charge >= 0.3 is 0 Å². The van der Waals surface area contributed by atoms with E-state index in [0.717, 1.165) is 23.2 Å². The maximum atomic E-state index is 5.22. The van der Waals surface area contributed by atoms with Crippen LogP contribution in [0.15, 0.2) is 22.7 Å². The van der Waals surface area contributed by atoms with Crippen molar-refractivity contribution in [2.75, 3.05) is 20.7 Å². The molecule has 0 aliphatic carbocycles. The summed E-state index contributed by atoms with van der Waals surface area (Å²) in [5, 5.41) is 3.23. The Hall–Kier alpha value is -0.540. The molecular weight excluding hydrogens is 266 g/mol. The number of rotatable bonds is 5. The maximum Gasteiger partial charge on any atom is 0.133 e. The van der Waals surface area contributed by atoms with Crippen LogP contribution in [0.2, 0.25) is 0 Å². The van der Waals surface area contributed by atoms with E-state index in [1.54, 1.807) is 7.11 Å². The largest absolute Gasteiger partial charge is 0.496 e. The fourth-order valence-corrected chi connectivity index (χ4v) is 2.50. The smallest absolute Gasteiger partial charge is 0.133 e. The summed E-state index contributed by atoms with van der Waals surface area (Å²) in [6, 6.07) is 6.27. The van der Waals surface area contributed by atoms with Gasteiger partial charge in [-0.1, -0.05) is 19.9 Å². The number of nitrogens with one attached hydrogen (secondary N) is 1. The van der Waals surface area contributed by atoms with Gasteiger partial charge in [0.25, 0.3) is 0 Å². The predicted octanol–water partition coefficient (Wildman–Crippen LogP) is 3.25. The van der Waals surface area contributed by atoms with E-state index in [-0.39, 0.29) is 5.41 Å². The molecule has 0 aromatic heterocycles. The Labute approximate surface area is 107 Å². The zero-order chi connectivity index (χ0) is 12.2. The van der Waals surface area contributed by atoms with Gasteiger partial charge in [0.2, 0.25) is 0 Å². The van der Waals surface area contributed by atoms with Gasteiger partial charge in [-0.15, -0.1) is 0 Å². The number of hydrogen-bond acceptors (Lipinski definition) is 2. The molecule has 0 spiro atoms. The van der Waals surface area contributed by atoms with Crippen LogP contribution in [0.4, 0.5) is 0 Å². The van der Waals surface area contributed by atoms with E-state index in [2.05, 4.69) is 47.2 Å². The summed E-state index contributed by atoms with van der Waals surface area (Å²) < 4.78 is 6.24. The number of benzene rings is 1. The first-order chi connectivity index (χ1) is 7.48. The first-order valence-electron chi connectivity index (χ1n) is 5.45. The maximum absolute atomic E-state index is 5.22. The second-order valence-electron chi connectivity index (χ2n) is 4.84. The van der Waals surface area contributed by atoms with E-state index >= 15 is 0 Å². The quantitative estimate of drug-likeness (QED) is 0.897. The second kappa shape index (κ2) is 5.69. The molecule has 1 aromatic carbocycles. The molecule has 0 amide bonds. The average molecular weight is 286 g/mol. The fraction of sp³-hybridized carbons (Fsp3) is 0.538. The minimum Gasteiger partial charge on any atom is -0.496 e. The van der Waals surface area contributed by atoms with Crippen molar-refractivity contribution in [1.29, 1.82) is 0 Å². The molecule has 0 bridgehead atoms. The normalized spacial score (nSPS) is 11.6. The molecule has 2 nitrogen and oxygen atoms in total. The predicted molar refractivity (Wildman–Crippen MR) is 72.1 cm³/mol. The van der Waals surface area contributed by atoms with Crippen molar-refractivity contribution in [2.24, 2.45) is 5.41 Å². The minimum atomic E-state index is 0.267. The van der Waals surface area contributed by atoms with E-state index in [1.807, 2.05) is 13.1 Å². The van der Waals surface area contributed by atoms with Gasteiger partial charge in [0.15, 0.2) is 0 Å². The van der Waals surface area contributed by atoms with E-state index in [4.69, 9.17) is 4.74 Å². The Kier molecular flexibility index (Phi) is 4.81. The average Bonchev–Trinajstić information content (AvgIpc) is 2.17. The lowest BCUT2D eigenvalue weighted by atomic mass is 9.86. The third-order valence-electron chi connectivity index (χ3n) is 2.55. The molecule has 0 aliphatic rings. The fourth-order valence-electron chi connectivity index (χ4n) is 1.91. The zero-order valence-corrected chi connectivity index (χ0v) is 12.0. The molecule has 0 unspecified atom stereocenters. The molecule has 0 heterocycles. The summed E-state index contributed by atoms with van der Waals surface area (Å²) in [6.07, 6.45) is 1.05. The Morgan fingerprint density at radius 1 is 1.38 bits per heavy atom. The highest BCUT2D eigenvalue weighted by Gasteiger charge is 2.17. The van der Waals surface area contributed by atoms with Crippen LogP contribution in [0.1, 0.15) is 19.4 Å². The first kappa shape index (κ1) is 13.5. The monoisotopic (exact) mass is 285 g/mol. The van der Waals surface area contributed by atoms with E-state index < -0.39 is 0 Å². The SMILES string of the molecule is CNCC(C)(C)Cc1ccc(OC)c(Br)c1. The standard InChI is InChI=1S/C13H20BrNO/c1-13(2,9-15-3)8-10-5-6-12(16-4)11(14)7-10/h5-7,15H,8-9H2,1-4H3. The summed E-state index contributed by atoms with van der Waals surface area (Å²) in [6.45, 7) is 5.54. The van der Waals surface area contributed by atoms with Crippen LogP contribution in [-0.2, 0) is 6.42 Å². The number of methoxy groups -OCH3 is 1. The summed E-state index contributed by atoms with van der Waals surface area (Å²) >= 11 is 3.51. The molecule has 0 aliphatic heterocycles. The molecule has 1 rings (SSSR count). The van der Waals surface area contributed by atoms with Crippen LogP contribution in [-0.4, -0.2) is 20.7 Å². The Bertz CT molecular complexity index is 350. The van der Waals surface area contributed by atoms with Crippen molar-refractivity contribution in [1.82, 2.24) is 5.32 Å². The zero-order valence-electron chi connectivity index (χ0n) is 10.4. The minimum absolute atomic E-state index is 0.267. The third-order valence-corrected chi connectivity index (χ3v) is 3.17. The van der Waals surface area contributed by atoms with Gasteiger partial charge < -0.3 is 10.1 Å². The third kappa shape index (κ3) is 3.80. The van der Waals surface area contributed by atoms with E-state index in [0.29, 0.717) is 0 Å². The number of hydrogen-bond donors (Lipinski definition) is 1. The van der Waals surface area contributed by atoms with Crippen molar-refractivity contribution in [3.63, 3.8) is 0 Å². The lowest BCUT2D eigenvalue weighted by molar-refractivity contribution is 0.349. The molecule has 0 saturated heterocycles. The molecule has 0 fully saturated rings. The van der Waals surface area contributed by atoms with Gasteiger partial charge in [0, 0.05) is 6.54 Å². The van der Waals surface area contributed by atoms with Crippen molar-refractivity contribution in [2.45, 2.75) is 20.3 Å². The summed E-state index contributed by atoms with van der Waals surface area (Å²) in [5.41, 5.74) is 1.59. The Morgan fingerprint density at radius 2 is 2.06 bits per heavy atom. The van der Waals surface area contributed by atoms with Crippen molar-refractivity contribution in [3.8, 4) is 5.75 Å². The van der Waals surface area contributed by atoms with Crippen LogP contribution < -0.4 is 10.1 Å². The lowest BCUT2D eigenvalue weighted by Gasteiger charge is -2.24. The van der Waals surface area contributed by atoms with Gasteiger partial charge in [-0.2, -0.15) is 0 Å². The van der Waals surface area contributed by atoms with Gasteiger partial charge in [0.05, 0.1) is 11.6 Å². The summed E-state index contributed by atoms with van der Waals surface area (Å²) in [4.78, 5) is 0. The van der Waals surface area contributed by atoms with Crippen molar-refractivity contribution >= 4 is 15.9 Å². The van der Waals surface area contributed by atoms with E-state index in [1.165, 1.54) is 5.56 Å². The molecular formula is C13H20BrNO. The van der Waals surface area contributed by atoms with Crippen LogP contribution in [0.25, 0.3) is 0 Å². The van der Waals surface area contributed by atoms with E-state index in [9.17, 15) is 0 Å².